The molecule has 1 fully saturated rings. The lowest BCUT2D eigenvalue weighted by Crippen LogP contribution is -2.50. The van der Waals surface area contributed by atoms with Crippen LogP contribution in [0, 0.1) is 0 Å². The molecule has 1 heterocycles. The van der Waals surface area contributed by atoms with Crippen molar-refractivity contribution in [3.05, 3.63) is 24.3 Å². The predicted octanol–water partition coefficient (Wildman–Crippen LogP) is 0.0207. The van der Waals surface area contributed by atoms with Crippen molar-refractivity contribution >= 4 is 15.9 Å². The summed E-state index contributed by atoms with van der Waals surface area (Å²) in [6, 6.07) is 7.71. The van der Waals surface area contributed by atoms with Crippen LogP contribution in [0.15, 0.2) is 24.3 Å². The Morgan fingerprint density at radius 2 is 1.67 bits per heavy atom. The van der Waals surface area contributed by atoms with Gasteiger partial charge in [0.15, 0.2) is 0 Å². The highest BCUT2D eigenvalue weighted by atomic mass is 32.2. The molecule has 1 aliphatic heterocycles. The molecule has 0 spiro atoms. The summed E-state index contributed by atoms with van der Waals surface area (Å²) in [6.07, 6.45) is 0. The van der Waals surface area contributed by atoms with Crippen LogP contribution in [0.5, 0.6) is 5.75 Å². The van der Waals surface area contributed by atoms with Gasteiger partial charge in [-0.3, -0.25) is 0 Å². The summed E-state index contributed by atoms with van der Waals surface area (Å²) in [4.78, 5) is 2.13. The van der Waals surface area contributed by atoms with E-state index in [1.807, 2.05) is 24.3 Å². The highest BCUT2D eigenvalue weighted by Crippen LogP contribution is 2.20. The maximum atomic E-state index is 11.2. The second-order valence-electron chi connectivity index (χ2n) is 4.13. The summed E-state index contributed by atoms with van der Waals surface area (Å²) in [5, 5.41) is 5.10. The lowest BCUT2D eigenvalue weighted by atomic mass is 10.2. The fraction of sp³-hybridized carbons (Fsp3) is 0.455. The number of nitrogens with two attached hydrogens (primary N) is 1. The summed E-state index contributed by atoms with van der Waals surface area (Å²) in [5.74, 6) is 0.807. The molecule has 0 radical (unpaired) electrons. The van der Waals surface area contributed by atoms with E-state index < -0.39 is 10.2 Å². The van der Waals surface area contributed by atoms with Crippen LogP contribution in [0.3, 0.4) is 0 Å². The van der Waals surface area contributed by atoms with E-state index in [0.717, 1.165) is 11.4 Å². The molecule has 0 aliphatic carbocycles. The van der Waals surface area contributed by atoms with Crippen LogP contribution in [0.4, 0.5) is 5.69 Å². The molecule has 2 rings (SSSR count). The number of methoxy groups -OCH3 is 1. The summed E-state index contributed by atoms with van der Waals surface area (Å²) < 4.78 is 28.8. The number of piperazine rings is 1. The molecule has 0 atom stereocenters. The third kappa shape index (κ3) is 2.92. The van der Waals surface area contributed by atoms with E-state index in [1.165, 1.54) is 4.31 Å². The Hall–Kier alpha value is -1.31. The van der Waals surface area contributed by atoms with Crippen molar-refractivity contribution in [2.75, 3.05) is 38.2 Å². The van der Waals surface area contributed by atoms with Crippen molar-refractivity contribution in [2.45, 2.75) is 0 Å². The fourth-order valence-electron chi connectivity index (χ4n) is 1.99. The van der Waals surface area contributed by atoms with Gasteiger partial charge in [0.1, 0.15) is 5.75 Å². The van der Waals surface area contributed by atoms with Crippen molar-refractivity contribution in [1.29, 1.82) is 0 Å². The monoisotopic (exact) mass is 271 g/mol. The van der Waals surface area contributed by atoms with Gasteiger partial charge in [0.2, 0.25) is 0 Å². The zero-order valence-electron chi connectivity index (χ0n) is 10.2. The van der Waals surface area contributed by atoms with Crippen LogP contribution in [-0.2, 0) is 10.2 Å². The van der Waals surface area contributed by atoms with Crippen LogP contribution in [0.1, 0.15) is 0 Å². The first-order valence-corrected chi connectivity index (χ1v) is 7.18. The molecular formula is C11H17N3O3S. The smallest absolute Gasteiger partial charge is 0.277 e. The topological polar surface area (TPSA) is 75.9 Å². The van der Waals surface area contributed by atoms with E-state index in [4.69, 9.17) is 9.88 Å². The normalized spacial score (nSPS) is 17.8. The van der Waals surface area contributed by atoms with Gasteiger partial charge in [-0.15, -0.1) is 0 Å². The summed E-state index contributed by atoms with van der Waals surface area (Å²) in [6.45, 7) is 2.13. The van der Waals surface area contributed by atoms with Crippen molar-refractivity contribution in [3.63, 3.8) is 0 Å². The minimum atomic E-state index is -3.56. The van der Waals surface area contributed by atoms with Gasteiger partial charge in [-0.2, -0.15) is 12.7 Å². The third-order valence-corrected chi connectivity index (χ3v) is 4.12. The first-order chi connectivity index (χ1) is 8.50. The second-order valence-corrected chi connectivity index (χ2v) is 5.68. The van der Waals surface area contributed by atoms with Crippen LogP contribution in [0.2, 0.25) is 0 Å². The zero-order valence-corrected chi connectivity index (χ0v) is 11.1. The maximum absolute atomic E-state index is 11.2. The molecule has 2 N–H and O–H groups in total. The van der Waals surface area contributed by atoms with E-state index in [9.17, 15) is 8.42 Å². The first-order valence-electron chi connectivity index (χ1n) is 5.67. The summed E-state index contributed by atoms with van der Waals surface area (Å²) >= 11 is 0. The molecule has 0 amide bonds. The standard InChI is InChI=1S/C11H17N3O3S/c1-17-11-4-2-10(3-5-11)13-6-8-14(9-7-13)18(12,15)16/h2-5H,6-9H2,1H3,(H2,12,15,16). The Labute approximate surface area is 107 Å². The molecule has 1 aliphatic rings. The number of rotatable bonds is 3. The number of ether oxygens (including phenoxy) is 1. The van der Waals surface area contributed by atoms with E-state index in [1.54, 1.807) is 7.11 Å². The number of benzene rings is 1. The number of hydrogen-bond acceptors (Lipinski definition) is 4. The molecule has 0 saturated carbocycles. The molecule has 0 aromatic heterocycles. The van der Waals surface area contributed by atoms with E-state index >= 15 is 0 Å². The third-order valence-electron chi connectivity index (χ3n) is 3.04. The Kier molecular flexibility index (Phi) is 3.74. The molecule has 1 aromatic rings. The molecule has 6 nitrogen and oxygen atoms in total. The van der Waals surface area contributed by atoms with Gasteiger partial charge < -0.3 is 9.64 Å². The fourth-order valence-corrected chi connectivity index (χ4v) is 2.67. The summed E-state index contributed by atoms with van der Waals surface area (Å²) in [5.41, 5.74) is 1.06. The minimum Gasteiger partial charge on any atom is -0.497 e. The molecule has 1 aromatic carbocycles. The van der Waals surface area contributed by atoms with Crippen LogP contribution < -0.4 is 14.8 Å². The van der Waals surface area contributed by atoms with Crippen LogP contribution >= 0.6 is 0 Å². The molecule has 7 heteroatoms. The van der Waals surface area contributed by atoms with Gasteiger partial charge in [0.05, 0.1) is 7.11 Å². The van der Waals surface area contributed by atoms with Crippen LogP contribution in [0.25, 0.3) is 0 Å². The van der Waals surface area contributed by atoms with Crippen molar-refractivity contribution < 1.29 is 13.2 Å². The predicted molar refractivity (Wildman–Crippen MR) is 69.9 cm³/mol. The quantitative estimate of drug-likeness (QED) is 0.841. The SMILES string of the molecule is COc1ccc(N2CCN(S(N)(=O)=O)CC2)cc1. The van der Waals surface area contributed by atoms with E-state index in [2.05, 4.69) is 4.90 Å². The highest BCUT2D eigenvalue weighted by molar-refractivity contribution is 7.86. The number of hydrogen-bond donors (Lipinski definition) is 1. The van der Waals surface area contributed by atoms with Gasteiger partial charge in [-0.1, -0.05) is 0 Å². The second kappa shape index (κ2) is 5.13. The summed E-state index contributed by atoms with van der Waals surface area (Å²) in [7, 11) is -1.93. The largest absolute Gasteiger partial charge is 0.497 e. The van der Waals surface area contributed by atoms with Crippen LogP contribution in [-0.4, -0.2) is 46.0 Å². The van der Waals surface area contributed by atoms with Gasteiger partial charge >= 0.3 is 0 Å². The Morgan fingerprint density at radius 3 is 2.11 bits per heavy atom. The molecule has 1 saturated heterocycles. The van der Waals surface area contributed by atoms with Crippen molar-refractivity contribution in [2.24, 2.45) is 5.14 Å². The lowest BCUT2D eigenvalue weighted by molar-refractivity contribution is 0.385. The average molecular weight is 271 g/mol. The van der Waals surface area contributed by atoms with Gasteiger partial charge in [0, 0.05) is 31.9 Å². The lowest BCUT2D eigenvalue weighted by Gasteiger charge is -2.34. The van der Waals surface area contributed by atoms with Gasteiger partial charge in [-0.25, -0.2) is 5.14 Å². The molecule has 100 valence electrons. The molecule has 18 heavy (non-hydrogen) atoms. The van der Waals surface area contributed by atoms with Crippen molar-refractivity contribution in [3.8, 4) is 5.75 Å². The number of nitrogens with zero attached hydrogens (tertiary/aromatic N) is 2. The average Bonchev–Trinajstić information content (AvgIpc) is 2.38. The van der Waals surface area contributed by atoms with E-state index in [0.29, 0.717) is 26.2 Å². The Bertz CT molecular complexity index is 493. The van der Waals surface area contributed by atoms with Crippen molar-refractivity contribution in [1.82, 2.24) is 4.31 Å². The van der Waals surface area contributed by atoms with Gasteiger partial charge in [0.25, 0.3) is 10.2 Å². The maximum Gasteiger partial charge on any atom is 0.277 e. The Balaban J connectivity index is 2.01. The van der Waals surface area contributed by atoms with E-state index in [-0.39, 0.29) is 0 Å². The highest BCUT2D eigenvalue weighted by Gasteiger charge is 2.23. The first kappa shape index (κ1) is 13.1. The van der Waals surface area contributed by atoms with Gasteiger partial charge in [-0.05, 0) is 24.3 Å². The zero-order chi connectivity index (χ0) is 13.2. The number of anilines is 1. The minimum absolute atomic E-state index is 0.421. The molecule has 0 bridgehead atoms. The molecular weight excluding hydrogens is 254 g/mol. The Morgan fingerprint density at radius 1 is 1.11 bits per heavy atom. The molecule has 0 unspecified atom stereocenters.